The van der Waals surface area contributed by atoms with Gasteiger partial charge in [-0.25, -0.2) is 27.3 Å². The summed E-state index contributed by atoms with van der Waals surface area (Å²) in [5.41, 5.74) is -2.00. The Labute approximate surface area is 88.4 Å². The lowest BCUT2D eigenvalue weighted by molar-refractivity contribution is 0.146. The summed E-state index contributed by atoms with van der Waals surface area (Å²) < 4.78 is 59.5. The lowest BCUT2D eigenvalue weighted by Crippen LogP contribution is -2.18. The number of rotatable bonds is 2. The van der Waals surface area contributed by atoms with Crippen molar-refractivity contribution in [2.75, 3.05) is 0 Å². The second-order valence-electron chi connectivity index (χ2n) is 2.67. The summed E-state index contributed by atoms with van der Waals surface area (Å²) in [6.07, 6.45) is -3.30. The van der Waals surface area contributed by atoms with Crippen LogP contribution in [0.3, 0.4) is 0 Å². The zero-order valence-electron chi connectivity index (χ0n) is 7.49. The van der Waals surface area contributed by atoms with Crippen molar-refractivity contribution < 1.29 is 21.6 Å². The van der Waals surface area contributed by atoms with Crippen LogP contribution in [0.2, 0.25) is 0 Å². The van der Waals surface area contributed by atoms with Crippen molar-refractivity contribution in [3.05, 3.63) is 23.1 Å². The van der Waals surface area contributed by atoms with Gasteiger partial charge in [-0.15, -0.1) is 0 Å². The van der Waals surface area contributed by atoms with Crippen LogP contribution in [0.15, 0.2) is 11.1 Å². The summed E-state index contributed by atoms with van der Waals surface area (Å²) in [7, 11) is -4.62. The predicted octanol–water partition coefficient (Wildman–Crippen LogP) is 0.677. The largest absolute Gasteiger partial charge is 0.267 e. The van der Waals surface area contributed by atoms with Crippen molar-refractivity contribution in [2.24, 2.45) is 5.14 Å². The third-order valence-corrected chi connectivity index (χ3v) is 2.45. The molecule has 1 aromatic rings. The molecule has 0 aromatic carbocycles. The Bertz CT molecular complexity index is 565. The first kappa shape index (κ1) is 12.4. The molecular formula is C7H4F3N3O2S. The summed E-state index contributed by atoms with van der Waals surface area (Å²) in [5, 5.41) is 11.7. The molecule has 0 unspecified atom stereocenters. The van der Waals surface area contributed by atoms with E-state index in [1.54, 1.807) is 0 Å². The van der Waals surface area contributed by atoms with E-state index in [0.717, 1.165) is 0 Å². The Morgan fingerprint density at radius 3 is 2.44 bits per heavy atom. The molecule has 0 spiro atoms. The van der Waals surface area contributed by atoms with Crippen LogP contribution in [-0.2, 0) is 10.0 Å². The summed E-state index contributed by atoms with van der Waals surface area (Å²) in [6, 6.07) is 1.66. The van der Waals surface area contributed by atoms with Gasteiger partial charge in [-0.1, -0.05) is 0 Å². The lowest BCUT2D eigenvalue weighted by Gasteiger charge is -2.07. The van der Waals surface area contributed by atoms with Gasteiger partial charge in [-0.2, -0.15) is 9.65 Å². The van der Waals surface area contributed by atoms with Crippen molar-refractivity contribution >= 4 is 10.0 Å². The van der Waals surface area contributed by atoms with Crippen LogP contribution in [0.25, 0.3) is 0 Å². The molecule has 0 bridgehead atoms. The molecule has 2 N–H and O–H groups in total. The highest BCUT2D eigenvalue weighted by molar-refractivity contribution is 7.89. The molecule has 0 amide bonds. The Balaban J connectivity index is 3.73. The molecule has 0 aliphatic carbocycles. The molecule has 0 aliphatic heterocycles. The molecule has 0 saturated carbocycles. The highest BCUT2D eigenvalue weighted by Crippen LogP contribution is 2.28. The standard InChI is InChI=1S/C7H4F3N3O2S/c8-4-1-3(2-11)5(6(9)10)7(13-4)16(12,14)15/h1,6H,(H2,12,14,15). The molecule has 0 aliphatic rings. The quantitative estimate of drug-likeness (QED) is 0.781. The number of alkyl halides is 2. The monoisotopic (exact) mass is 251 g/mol. The van der Waals surface area contributed by atoms with Gasteiger partial charge in [0.05, 0.1) is 17.2 Å². The molecule has 9 heteroatoms. The highest BCUT2D eigenvalue weighted by Gasteiger charge is 2.27. The van der Waals surface area contributed by atoms with E-state index >= 15 is 0 Å². The van der Waals surface area contributed by atoms with Crippen LogP contribution in [0, 0.1) is 17.3 Å². The van der Waals surface area contributed by atoms with Gasteiger partial charge in [0.2, 0.25) is 5.95 Å². The van der Waals surface area contributed by atoms with Gasteiger partial charge < -0.3 is 0 Å². The maximum Gasteiger partial charge on any atom is 0.267 e. The highest BCUT2D eigenvalue weighted by atomic mass is 32.2. The fourth-order valence-corrected chi connectivity index (χ4v) is 1.74. The Hall–Kier alpha value is -1.66. The average molecular weight is 251 g/mol. The normalized spacial score (nSPS) is 11.5. The zero-order chi connectivity index (χ0) is 12.5. The number of hydrogen-bond acceptors (Lipinski definition) is 4. The smallest absolute Gasteiger partial charge is 0.223 e. The van der Waals surface area contributed by atoms with E-state index in [4.69, 9.17) is 5.26 Å². The van der Waals surface area contributed by atoms with E-state index in [1.165, 1.54) is 6.07 Å². The molecule has 1 rings (SSSR count). The van der Waals surface area contributed by atoms with Crippen LogP contribution < -0.4 is 5.14 Å². The van der Waals surface area contributed by atoms with E-state index in [1.807, 2.05) is 0 Å². The first-order valence-corrected chi connectivity index (χ1v) is 5.23. The number of sulfonamides is 1. The topological polar surface area (TPSA) is 96.8 Å². The fourth-order valence-electron chi connectivity index (χ4n) is 1.02. The van der Waals surface area contributed by atoms with Crippen molar-refractivity contribution in [1.82, 2.24) is 4.98 Å². The van der Waals surface area contributed by atoms with Crippen LogP contribution in [-0.4, -0.2) is 13.4 Å². The molecule has 1 aromatic heterocycles. The SMILES string of the molecule is N#Cc1cc(F)nc(S(N)(=O)=O)c1C(F)F. The first-order chi connectivity index (χ1) is 7.27. The Morgan fingerprint density at radius 2 is 2.06 bits per heavy atom. The maximum atomic E-state index is 12.8. The summed E-state index contributed by atoms with van der Waals surface area (Å²) in [5.74, 6) is -1.37. The summed E-state index contributed by atoms with van der Waals surface area (Å²) in [6.45, 7) is 0. The number of aromatic nitrogens is 1. The maximum absolute atomic E-state index is 12.8. The third kappa shape index (κ3) is 2.29. The molecule has 16 heavy (non-hydrogen) atoms. The molecule has 0 fully saturated rings. The van der Waals surface area contributed by atoms with Gasteiger partial charge in [0.15, 0.2) is 5.03 Å². The van der Waals surface area contributed by atoms with Crippen molar-refractivity contribution in [3.8, 4) is 6.07 Å². The van der Waals surface area contributed by atoms with E-state index < -0.39 is 38.5 Å². The number of primary sulfonamides is 1. The number of pyridine rings is 1. The van der Waals surface area contributed by atoms with E-state index in [-0.39, 0.29) is 0 Å². The van der Waals surface area contributed by atoms with Crippen molar-refractivity contribution in [3.63, 3.8) is 0 Å². The molecular weight excluding hydrogens is 247 g/mol. The number of halogens is 3. The van der Waals surface area contributed by atoms with Gasteiger partial charge in [0, 0.05) is 6.07 Å². The van der Waals surface area contributed by atoms with Crippen LogP contribution in [0.5, 0.6) is 0 Å². The molecule has 0 saturated heterocycles. The lowest BCUT2D eigenvalue weighted by atomic mass is 10.1. The minimum Gasteiger partial charge on any atom is -0.223 e. The molecule has 1 heterocycles. The number of nitrogens with zero attached hydrogens (tertiary/aromatic N) is 2. The predicted molar refractivity (Wildman–Crippen MR) is 45.2 cm³/mol. The molecule has 5 nitrogen and oxygen atoms in total. The number of nitriles is 1. The fraction of sp³-hybridized carbons (Fsp3) is 0.143. The van der Waals surface area contributed by atoms with Gasteiger partial charge in [-0.3, -0.25) is 0 Å². The first-order valence-electron chi connectivity index (χ1n) is 3.69. The van der Waals surface area contributed by atoms with Gasteiger partial charge >= 0.3 is 0 Å². The zero-order valence-corrected chi connectivity index (χ0v) is 8.30. The minimum absolute atomic E-state index is 0.413. The van der Waals surface area contributed by atoms with Gasteiger partial charge in [0.25, 0.3) is 16.4 Å². The minimum atomic E-state index is -4.62. The van der Waals surface area contributed by atoms with Crippen LogP contribution >= 0.6 is 0 Å². The average Bonchev–Trinajstić information content (AvgIpc) is 2.14. The van der Waals surface area contributed by atoms with Gasteiger partial charge in [-0.05, 0) is 0 Å². The summed E-state index contributed by atoms with van der Waals surface area (Å²) in [4.78, 5) is 2.76. The second-order valence-corrected chi connectivity index (χ2v) is 4.15. The van der Waals surface area contributed by atoms with E-state index in [9.17, 15) is 21.6 Å². The van der Waals surface area contributed by atoms with Crippen molar-refractivity contribution in [2.45, 2.75) is 11.5 Å². The molecule has 0 radical (unpaired) electrons. The number of nitrogens with two attached hydrogens (primary N) is 1. The Kier molecular flexibility index (Phi) is 3.16. The Morgan fingerprint density at radius 1 is 1.50 bits per heavy atom. The second kappa shape index (κ2) is 4.07. The van der Waals surface area contributed by atoms with Crippen molar-refractivity contribution in [1.29, 1.82) is 5.26 Å². The third-order valence-electron chi connectivity index (χ3n) is 1.60. The molecule has 0 atom stereocenters. The van der Waals surface area contributed by atoms with E-state index in [0.29, 0.717) is 6.07 Å². The van der Waals surface area contributed by atoms with Crippen LogP contribution in [0.1, 0.15) is 17.6 Å². The van der Waals surface area contributed by atoms with Crippen LogP contribution in [0.4, 0.5) is 13.2 Å². The summed E-state index contributed by atoms with van der Waals surface area (Å²) >= 11 is 0. The molecule has 86 valence electrons. The number of hydrogen-bond donors (Lipinski definition) is 1. The van der Waals surface area contributed by atoms with E-state index in [2.05, 4.69) is 10.1 Å². The van der Waals surface area contributed by atoms with Gasteiger partial charge in [0.1, 0.15) is 0 Å².